The SMILES string of the molecule is ON1C(c2ccc(Br)cc2)=NNc2ccccc21. The van der Waals surface area contributed by atoms with Crippen molar-refractivity contribution in [2.24, 2.45) is 5.10 Å². The number of para-hydroxylation sites is 2. The van der Waals surface area contributed by atoms with E-state index in [1.165, 1.54) is 0 Å². The highest BCUT2D eigenvalue weighted by Gasteiger charge is 2.20. The number of halogens is 1. The van der Waals surface area contributed by atoms with Gasteiger partial charge in [0.25, 0.3) is 0 Å². The van der Waals surface area contributed by atoms with Crippen LogP contribution >= 0.6 is 15.9 Å². The summed E-state index contributed by atoms with van der Waals surface area (Å²) in [5, 5.41) is 15.5. The number of nitrogens with zero attached hydrogens (tertiary/aromatic N) is 2. The van der Waals surface area contributed by atoms with Gasteiger partial charge in [0.05, 0.1) is 11.4 Å². The highest BCUT2D eigenvalue weighted by atomic mass is 79.9. The van der Waals surface area contributed by atoms with E-state index in [2.05, 4.69) is 26.5 Å². The first-order valence-electron chi connectivity index (χ1n) is 5.43. The summed E-state index contributed by atoms with van der Waals surface area (Å²) >= 11 is 3.38. The van der Waals surface area contributed by atoms with Crippen LogP contribution < -0.4 is 10.5 Å². The summed E-state index contributed by atoms with van der Waals surface area (Å²) in [4.78, 5) is 0. The van der Waals surface area contributed by atoms with E-state index in [9.17, 15) is 5.21 Å². The summed E-state index contributed by atoms with van der Waals surface area (Å²) in [6.07, 6.45) is 0. The number of amidine groups is 1. The van der Waals surface area contributed by atoms with Crippen molar-refractivity contribution < 1.29 is 5.21 Å². The predicted octanol–water partition coefficient (Wildman–Crippen LogP) is 3.43. The van der Waals surface area contributed by atoms with Crippen molar-refractivity contribution >= 4 is 33.1 Å². The van der Waals surface area contributed by atoms with Crippen molar-refractivity contribution in [3.8, 4) is 0 Å². The molecule has 4 nitrogen and oxygen atoms in total. The van der Waals surface area contributed by atoms with Crippen molar-refractivity contribution in [2.75, 3.05) is 10.5 Å². The van der Waals surface area contributed by atoms with Gasteiger partial charge in [-0.2, -0.15) is 5.10 Å². The Morgan fingerprint density at radius 3 is 2.56 bits per heavy atom. The van der Waals surface area contributed by atoms with Gasteiger partial charge in [0.2, 0.25) is 0 Å². The lowest BCUT2D eigenvalue weighted by molar-refractivity contribution is 0.312. The molecule has 1 aliphatic rings. The number of fused-ring (bicyclic) bond motifs is 1. The van der Waals surface area contributed by atoms with Crippen molar-refractivity contribution in [1.29, 1.82) is 0 Å². The molecule has 0 bridgehead atoms. The van der Waals surface area contributed by atoms with E-state index in [4.69, 9.17) is 0 Å². The second-order valence-electron chi connectivity index (χ2n) is 3.88. The number of hydroxylamine groups is 1. The molecule has 0 fully saturated rings. The Labute approximate surface area is 113 Å². The molecule has 2 N–H and O–H groups in total. The molecule has 3 rings (SSSR count). The molecule has 0 atom stereocenters. The Hall–Kier alpha value is -1.85. The topological polar surface area (TPSA) is 47.9 Å². The first kappa shape index (κ1) is 11.3. The summed E-state index contributed by atoms with van der Waals surface area (Å²) in [5.74, 6) is 0.473. The lowest BCUT2D eigenvalue weighted by Crippen LogP contribution is -2.32. The van der Waals surface area contributed by atoms with Gasteiger partial charge in [0, 0.05) is 10.0 Å². The van der Waals surface area contributed by atoms with Crippen LogP contribution in [0.25, 0.3) is 0 Å². The highest BCUT2D eigenvalue weighted by molar-refractivity contribution is 9.10. The Bertz CT molecular complexity index is 610. The highest BCUT2D eigenvalue weighted by Crippen LogP contribution is 2.29. The molecule has 1 heterocycles. The van der Waals surface area contributed by atoms with Crippen LogP contribution in [0.5, 0.6) is 0 Å². The lowest BCUT2D eigenvalue weighted by atomic mass is 10.1. The number of hydrazone groups is 1. The van der Waals surface area contributed by atoms with E-state index in [0.29, 0.717) is 11.5 Å². The van der Waals surface area contributed by atoms with Crippen LogP contribution in [0.2, 0.25) is 0 Å². The summed E-state index contributed by atoms with van der Waals surface area (Å²) in [7, 11) is 0. The molecule has 5 heteroatoms. The van der Waals surface area contributed by atoms with Crippen molar-refractivity contribution in [3.63, 3.8) is 0 Å². The maximum absolute atomic E-state index is 10.2. The van der Waals surface area contributed by atoms with E-state index < -0.39 is 0 Å². The quantitative estimate of drug-likeness (QED) is 0.848. The van der Waals surface area contributed by atoms with Crippen LogP contribution in [-0.2, 0) is 0 Å². The van der Waals surface area contributed by atoms with Gasteiger partial charge < -0.3 is 0 Å². The number of benzene rings is 2. The molecular formula is C13H10BrN3O. The fraction of sp³-hybridized carbons (Fsp3) is 0. The molecular weight excluding hydrogens is 294 g/mol. The molecule has 2 aromatic carbocycles. The molecule has 0 unspecified atom stereocenters. The Morgan fingerprint density at radius 1 is 1.06 bits per heavy atom. The van der Waals surface area contributed by atoms with Crippen LogP contribution in [-0.4, -0.2) is 11.0 Å². The van der Waals surface area contributed by atoms with E-state index in [1.54, 1.807) is 0 Å². The zero-order chi connectivity index (χ0) is 12.5. The van der Waals surface area contributed by atoms with Gasteiger partial charge in [-0.25, -0.2) is 5.06 Å². The average Bonchev–Trinajstić information content (AvgIpc) is 2.41. The van der Waals surface area contributed by atoms with Crippen LogP contribution in [0, 0.1) is 0 Å². The largest absolute Gasteiger partial charge is 0.282 e. The van der Waals surface area contributed by atoms with Gasteiger partial charge in [-0.15, -0.1) is 0 Å². The van der Waals surface area contributed by atoms with Crippen LogP contribution in [0.3, 0.4) is 0 Å². The molecule has 0 radical (unpaired) electrons. The van der Waals surface area contributed by atoms with Crippen molar-refractivity contribution in [3.05, 3.63) is 58.6 Å². The van der Waals surface area contributed by atoms with Crippen LogP contribution in [0.4, 0.5) is 11.4 Å². The number of nitrogens with one attached hydrogen (secondary N) is 1. The minimum absolute atomic E-state index is 0.473. The molecule has 0 aromatic heterocycles. The van der Waals surface area contributed by atoms with Gasteiger partial charge in [0.15, 0.2) is 5.84 Å². The monoisotopic (exact) mass is 303 g/mol. The first-order chi connectivity index (χ1) is 8.75. The molecule has 0 saturated carbocycles. The van der Waals surface area contributed by atoms with Crippen molar-refractivity contribution in [2.45, 2.75) is 0 Å². The normalized spacial score (nSPS) is 13.7. The van der Waals surface area contributed by atoms with Crippen LogP contribution in [0.1, 0.15) is 5.56 Å². The smallest absolute Gasteiger partial charge is 0.184 e. The molecule has 0 amide bonds. The van der Waals surface area contributed by atoms with Gasteiger partial charge in [-0.3, -0.25) is 10.6 Å². The fourth-order valence-electron chi connectivity index (χ4n) is 1.81. The number of hydrogen-bond donors (Lipinski definition) is 2. The third-order valence-corrected chi connectivity index (χ3v) is 3.25. The van der Waals surface area contributed by atoms with E-state index in [-0.39, 0.29) is 0 Å². The maximum atomic E-state index is 10.2. The van der Waals surface area contributed by atoms with E-state index in [0.717, 1.165) is 20.8 Å². The standard InChI is InChI=1S/C13H10BrN3O/c14-10-7-5-9(6-8-10)13-16-15-11-3-1-2-4-12(11)17(13)18/h1-8,15,18H. The summed E-state index contributed by atoms with van der Waals surface area (Å²) in [6.45, 7) is 0. The van der Waals surface area contributed by atoms with Gasteiger partial charge in [-0.1, -0.05) is 28.1 Å². The minimum atomic E-state index is 0.473. The molecule has 18 heavy (non-hydrogen) atoms. The first-order valence-corrected chi connectivity index (χ1v) is 6.23. The molecule has 2 aromatic rings. The molecule has 0 aliphatic carbocycles. The third kappa shape index (κ3) is 1.87. The molecule has 0 spiro atoms. The Morgan fingerprint density at radius 2 is 1.78 bits per heavy atom. The van der Waals surface area contributed by atoms with E-state index in [1.807, 2.05) is 48.5 Å². The zero-order valence-corrected chi connectivity index (χ0v) is 10.9. The second-order valence-corrected chi connectivity index (χ2v) is 4.80. The number of rotatable bonds is 1. The predicted molar refractivity (Wildman–Crippen MR) is 75.0 cm³/mol. The third-order valence-electron chi connectivity index (χ3n) is 2.72. The zero-order valence-electron chi connectivity index (χ0n) is 9.34. The molecule has 90 valence electrons. The van der Waals surface area contributed by atoms with Crippen molar-refractivity contribution in [1.82, 2.24) is 0 Å². The Balaban J connectivity index is 2.01. The van der Waals surface area contributed by atoms with Gasteiger partial charge >= 0.3 is 0 Å². The minimum Gasteiger partial charge on any atom is -0.282 e. The summed E-state index contributed by atoms with van der Waals surface area (Å²) < 4.78 is 0.987. The maximum Gasteiger partial charge on any atom is 0.184 e. The van der Waals surface area contributed by atoms with E-state index >= 15 is 0 Å². The van der Waals surface area contributed by atoms with Crippen LogP contribution in [0.15, 0.2) is 58.1 Å². The second kappa shape index (κ2) is 4.44. The van der Waals surface area contributed by atoms with Gasteiger partial charge in [0.1, 0.15) is 0 Å². The number of anilines is 2. The lowest BCUT2D eigenvalue weighted by Gasteiger charge is -2.25. The molecule has 1 aliphatic heterocycles. The molecule has 0 saturated heterocycles. The Kier molecular flexibility index (Phi) is 2.77. The summed E-state index contributed by atoms with van der Waals surface area (Å²) in [6, 6.07) is 15.0. The average molecular weight is 304 g/mol. The fourth-order valence-corrected chi connectivity index (χ4v) is 2.08. The van der Waals surface area contributed by atoms with Gasteiger partial charge in [-0.05, 0) is 36.4 Å². The summed E-state index contributed by atoms with van der Waals surface area (Å²) in [5.41, 5.74) is 5.23. The number of hydrogen-bond acceptors (Lipinski definition) is 4.